The fourth-order valence-corrected chi connectivity index (χ4v) is 8.14. The van der Waals surface area contributed by atoms with Gasteiger partial charge >= 0.3 is 5.97 Å². The van der Waals surface area contributed by atoms with Crippen LogP contribution in [-0.4, -0.2) is 74.4 Å². The summed E-state index contributed by atoms with van der Waals surface area (Å²) in [6, 6.07) is 24.0. The summed E-state index contributed by atoms with van der Waals surface area (Å²) in [5, 5.41) is 11.6. The number of aliphatic carboxylic acids is 1. The molecular weight excluding hydrogens is 791 g/mol. The molecule has 19 heteroatoms. The van der Waals surface area contributed by atoms with Crippen molar-refractivity contribution < 1.29 is 58.0 Å². The number of anilines is 2. The average molecular weight is 822 g/mol. The fraction of sp³-hybridized carbons (Fsp3) is 0.108. The van der Waals surface area contributed by atoms with Gasteiger partial charge in [-0.1, -0.05) is 36.4 Å². The molecule has 0 bridgehead atoms. The summed E-state index contributed by atoms with van der Waals surface area (Å²) in [5.74, 6) is -2.26. The molecule has 0 saturated heterocycles. The number of para-hydroxylation sites is 1. The number of carbonyl (C=O) groups excluding carboxylic acids is 1. The number of hydrogen-bond acceptors (Lipinski definition) is 11. The summed E-state index contributed by atoms with van der Waals surface area (Å²) in [5.41, 5.74) is -0.204. The monoisotopic (exact) mass is 821 g/mol. The van der Waals surface area contributed by atoms with Crippen LogP contribution in [0.4, 0.5) is 17.1 Å². The van der Waals surface area contributed by atoms with Gasteiger partial charge in [0.05, 0.1) is 21.6 Å². The van der Waals surface area contributed by atoms with Gasteiger partial charge in [-0.15, -0.1) is 0 Å². The number of hydrogen-bond donors (Lipinski definition) is 5. The lowest BCUT2D eigenvalue weighted by Crippen LogP contribution is -2.28. The zero-order chi connectivity index (χ0) is 40.6. The van der Waals surface area contributed by atoms with Crippen LogP contribution in [0.3, 0.4) is 0 Å². The number of carboxylic acids is 1. The lowest BCUT2D eigenvalue weighted by molar-refractivity contribution is -0.137. The zero-order valence-electron chi connectivity index (χ0n) is 29.0. The minimum atomic E-state index is -5.32. The molecule has 290 valence electrons. The molecule has 5 N–H and O–H groups in total. The number of amides is 1. The first-order valence-electron chi connectivity index (χ1n) is 16.4. The average Bonchev–Trinajstić information content (AvgIpc) is 3.12. The summed E-state index contributed by atoms with van der Waals surface area (Å²) in [6.07, 6.45) is -0.0732. The van der Waals surface area contributed by atoms with E-state index in [4.69, 9.17) is 9.52 Å². The number of fused-ring (bicyclic) bond motifs is 2. The molecule has 4 aromatic carbocycles. The Kier molecular flexibility index (Phi) is 10.8. The van der Waals surface area contributed by atoms with Crippen molar-refractivity contribution >= 4 is 70.3 Å². The molecule has 0 fully saturated rings. The van der Waals surface area contributed by atoms with Gasteiger partial charge in [0, 0.05) is 47.8 Å². The SMILES string of the molecule is CN(CCCC(=O)O)C(=O)c1ccccc1-c1c2ccc(=Nc3ccc(S(=O)(=O)O)cc3)c(S(=O)(=O)O)c-2oc2c(S(=O)(=O)O)c(Nc3ccccc3)ccc12. The summed E-state index contributed by atoms with van der Waals surface area (Å²) in [7, 11) is -13.7. The number of benzene rings is 5. The van der Waals surface area contributed by atoms with E-state index in [2.05, 4.69) is 10.3 Å². The summed E-state index contributed by atoms with van der Waals surface area (Å²) >= 11 is 0. The minimum Gasteiger partial charge on any atom is -0.481 e. The topological polar surface area (TPSA) is 258 Å². The molecule has 1 aliphatic heterocycles. The van der Waals surface area contributed by atoms with E-state index >= 15 is 0 Å². The summed E-state index contributed by atoms with van der Waals surface area (Å²) in [6.45, 7) is 0.0511. The Hall–Kier alpha value is -5.96. The quantitative estimate of drug-likeness (QED) is 0.0716. The second kappa shape index (κ2) is 15.3. The van der Waals surface area contributed by atoms with Crippen molar-refractivity contribution in [1.82, 2.24) is 4.90 Å². The van der Waals surface area contributed by atoms with Crippen molar-refractivity contribution in [2.24, 2.45) is 4.99 Å². The van der Waals surface area contributed by atoms with Gasteiger partial charge in [0.25, 0.3) is 36.3 Å². The highest BCUT2D eigenvalue weighted by molar-refractivity contribution is 7.86. The normalized spacial score (nSPS) is 12.5. The van der Waals surface area contributed by atoms with E-state index in [0.717, 1.165) is 24.3 Å². The molecule has 4 aromatic rings. The molecule has 1 amide bonds. The second-order valence-corrected chi connectivity index (χ2v) is 16.5. The highest BCUT2D eigenvalue weighted by Gasteiger charge is 2.32. The third-order valence-corrected chi connectivity index (χ3v) is 11.3. The van der Waals surface area contributed by atoms with Crippen molar-refractivity contribution in [3.8, 4) is 22.5 Å². The molecule has 0 atom stereocenters. The molecule has 0 unspecified atom stereocenters. The Labute approximate surface area is 320 Å². The van der Waals surface area contributed by atoms with Gasteiger partial charge in [-0.05, 0) is 78.7 Å². The second-order valence-electron chi connectivity index (χ2n) is 12.4. The largest absolute Gasteiger partial charge is 0.481 e. The zero-order valence-corrected chi connectivity index (χ0v) is 31.5. The maximum Gasteiger partial charge on any atom is 0.303 e. The third kappa shape index (κ3) is 8.32. The Morgan fingerprint density at radius 3 is 2.00 bits per heavy atom. The first kappa shape index (κ1) is 39.7. The maximum atomic E-state index is 13.9. The van der Waals surface area contributed by atoms with Gasteiger partial charge in [-0.3, -0.25) is 23.2 Å². The molecule has 2 aliphatic rings. The highest BCUT2D eigenvalue weighted by atomic mass is 32.2. The first-order chi connectivity index (χ1) is 26.3. The van der Waals surface area contributed by atoms with Gasteiger partial charge in [-0.25, -0.2) is 4.99 Å². The molecule has 1 aliphatic carbocycles. The van der Waals surface area contributed by atoms with E-state index < -0.39 is 73.6 Å². The molecule has 0 spiro atoms. The van der Waals surface area contributed by atoms with E-state index in [0.29, 0.717) is 5.69 Å². The Morgan fingerprint density at radius 2 is 1.38 bits per heavy atom. The minimum absolute atomic E-state index is 0.00991. The standard InChI is InChI=1S/C37H31N3O13S3/c1-40(21-7-12-31(41)42)37(43)26-11-6-5-10-25(26)32-27-17-19-29(38-22-8-3-2-4-9-22)35(55(47,48)49)33(27)53-34-28(32)18-20-30(36(34)56(50,51)52)39-23-13-15-24(16-14-23)54(44,45)46/h2-6,8-11,13-20,38H,7,12,21H2,1H3,(H,41,42)(H,44,45,46)(H,47,48,49)(H,50,51,52). The van der Waals surface area contributed by atoms with E-state index in [1.807, 2.05) is 0 Å². The van der Waals surface area contributed by atoms with Gasteiger partial charge < -0.3 is 19.7 Å². The fourth-order valence-electron chi connectivity index (χ4n) is 6.11. The van der Waals surface area contributed by atoms with Gasteiger partial charge in [0.1, 0.15) is 0 Å². The molecule has 1 heterocycles. The van der Waals surface area contributed by atoms with Crippen LogP contribution in [0.2, 0.25) is 0 Å². The number of rotatable bonds is 12. The van der Waals surface area contributed by atoms with E-state index in [9.17, 15) is 48.5 Å². The number of carboxylic acid groups (broad SMARTS) is 1. The van der Waals surface area contributed by atoms with E-state index in [1.54, 1.807) is 42.5 Å². The highest BCUT2D eigenvalue weighted by Crippen LogP contribution is 2.46. The van der Waals surface area contributed by atoms with Crippen LogP contribution in [0.5, 0.6) is 0 Å². The third-order valence-electron chi connectivity index (χ3n) is 8.56. The van der Waals surface area contributed by atoms with E-state index in [1.165, 1.54) is 48.3 Å². The van der Waals surface area contributed by atoms with E-state index in [-0.39, 0.29) is 58.4 Å². The Bertz CT molecular complexity index is 2900. The van der Waals surface area contributed by atoms with Crippen LogP contribution >= 0.6 is 0 Å². The van der Waals surface area contributed by atoms with Crippen LogP contribution in [0.15, 0.2) is 127 Å². The smallest absolute Gasteiger partial charge is 0.303 e. The predicted molar refractivity (Wildman–Crippen MR) is 203 cm³/mol. The molecule has 0 aromatic heterocycles. The van der Waals surface area contributed by atoms with Crippen molar-refractivity contribution in [3.63, 3.8) is 0 Å². The van der Waals surface area contributed by atoms with Gasteiger partial charge in [-0.2, -0.15) is 25.3 Å². The summed E-state index contributed by atoms with van der Waals surface area (Å²) < 4.78 is 113. The van der Waals surface area contributed by atoms with Crippen molar-refractivity contribution in [2.75, 3.05) is 18.9 Å². The lowest BCUT2D eigenvalue weighted by Gasteiger charge is -2.23. The summed E-state index contributed by atoms with van der Waals surface area (Å²) in [4.78, 5) is 28.4. The van der Waals surface area contributed by atoms with Crippen molar-refractivity contribution in [3.05, 3.63) is 114 Å². The van der Waals surface area contributed by atoms with Crippen molar-refractivity contribution in [1.29, 1.82) is 0 Å². The molecular formula is C37H31N3O13S3. The van der Waals surface area contributed by atoms with Crippen LogP contribution in [0.1, 0.15) is 23.2 Å². The predicted octanol–water partition coefficient (Wildman–Crippen LogP) is 5.86. The molecule has 16 nitrogen and oxygen atoms in total. The van der Waals surface area contributed by atoms with Gasteiger partial charge in [0.2, 0.25) is 0 Å². The molecule has 0 saturated carbocycles. The number of nitrogens with one attached hydrogen (secondary N) is 1. The maximum absolute atomic E-state index is 13.9. The first-order valence-corrected chi connectivity index (χ1v) is 20.7. The molecule has 56 heavy (non-hydrogen) atoms. The Balaban J connectivity index is 1.73. The van der Waals surface area contributed by atoms with Crippen molar-refractivity contribution in [2.45, 2.75) is 27.5 Å². The lowest BCUT2D eigenvalue weighted by atomic mass is 9.90. The van der Waals surface area contributed by atoms with Crippen LogP contribution in [-0.2, 0) is 35.1 Å². The molecule has 0 radical (unpaired) electrons. The van der Waals surface area contributed by atoms with Crippen LogP contribution < -0.4 is 10.7 Å². The Morgan fingerprint density at radius 1 is 0.732 bits per heavy atom. The molecule has 6 rings (SSSR count). The number of carbonyl (C=O) groups is 2. The number of nitrogens with zero attached hydrogens (tertiary/aromatic N) is 2. The van der Waals surface area contributed by atoms with Crippen LogP contribution in [0.25, 0.3) is 33.4 Å². The van der Waals surface area contributed by atoms with Gasteiger partial charge in [0.15, 0.2) is 21.1 Å². The van der Waals surface area contributed by atoms with Crippen LogP contribution in [0, 0.1) is 0 Å².